The van der Waals surface area contributed by atoms with Crippen molar-refractivity contribution in [3.8, 4) is 5.75 Å². The summed E-state index contributed by atoms with van der Waals surface area (Å²) >= 11 is 0. The van der Waals surface area contributed by atoms with E-state index >= 15 is 0 Å². The fraction of sp³-hybridized carbons (Fsp3) is 0.462. The highest BCUT2D eigenvalue weighted by Gasteiger charge is 2.14. The van der Waals surface area contributed by atoms with E-state index in [1.54, 1.807) is 37.3 Å². The lowest BCUT2D eigenvalue weighted by Crippen LogP contribution is -2.30. The van der Waals surface area contributed by atoms with E-state index in [9.17, 15) is 4.79 Å². The summed E-state index contributed by atoms with van der Waals surface area (Å²) in [6.07, 6.45) is 0. The fourth-order valence-corrected chi connectivity index (χ4v) is 1.52. The van der Waals surface area contributed by atoms with Crippen LogP contribution < -0.4 is 10.5 Å². The first kappa shape index (κ1) is 14.3. The van der Waals surface area contributed by atoms with Crippen LogP contribution in [0.3, 0.4) is 0 Å². The van der Waals surface area contributed by atoms with Gasteiger partial charge in [-0.25, -0.2) is 0 Å². The van der Waals surface area contributed by atoms with E-state index < -0.39 is 0 Å². The van der Waals surface area contributed by atoms with Crippen LogP contribution >= 0.6 is 0 Å². The van der Waals surface area contributed by atoms with Crippen LogP contribution in [0.4, 0.5) is 5.69 Å². The summed E-state index contributed by atoms with van der Waals surface area (Å²) in [5.74, 6) is 0.524. The average molecular weight is 252 g/mol. The molecule has 1 amide bonds. The van der Waals surface area contributed by atoms with Crippen molar-refractivity contribution in [2.24, 2.45) is 0 Å². The average Bonchev–Trinajstić information content (AvgIpc) is 2.38. The topological polar surface area (TPSA) is 64.8 Å². The highest BCUT2D eigenvalue weighted by molar-refractivity contribution is 5.99. The highest BCUT2D eigenvalue weighted by atomic mass is 16.5. The quantitative estimate of drug-likeness (QED) is 0.613. The molecule has 5 nitrogen and oxygen atoms in total. The van der Waals surface area contributed by atoms with Gasteiger partial charge >= 0.3 is 0 Å². The predicted molar refractivity (Wildman–Crippen MR) is 70.9 cm³/mol. The van der Waals surface area contributed by atoms with E-state index in [0.29, 0.717) is 36.8 Å². The number of carbonyl (C=O) groups is 1. The number of anilines is 1. The van der Waals surface area contributed by atoms with Crippen molar-refractivity contribution < 1.29 is 14.3 Å². The molecule has 0 unspecified atom stereocenters. The maximum atomic E-state index is 12.1. The standard InChI is InChI=1S/C13H20N2O3/c1-4-18-8-7-15(2)13(16)11-6-5-10(17-3)9-12(11)14/h5-6,9H,4,7-8,14H2,1-3H3. The summed E-state index contributed by atoms with van der Waals surface area (Å²) in [5, 5.41) is 0. The van der Waals surface area contributed by atoms with Crippen molar-refractivity contribution in [2.75, 3.05) is 39.6 Å². The molecule has 0 bridgehead atoms. The Labute approximate surface area is 107 Å². The lowest BCUT2D eigenvalue weighted by Gasteiger charge is -2.18. The summed E-state index contributed by atoms with van der Waals surface area (Å²) in [6, 6.07) is 5.04. The molecule has 0 aromatic heterocycles. The van der Waals surface area contributed by atoms with Gasteiger partial charge in [0.2, 0.25) is 0 Å². The first-order valence-corrected chi connectivity index (χ1v) is 5.86. The van der Waals surface area contributed by atoms with E-state index in [4.69, 9.17) is 15.2 Å². The molecule has 0 saturated heterocycles. The third kappa shape index (κ3) is 3.63. The van der Waals surface area contributed by atoms with Crippen LogP contribution in [0, 0.1) is 0 Å². The minimum absolute atomic E-state index is 0.116. The van der Waals surface area contributed by atoms with Crippen LogP contribution in [0.5, 0.6) is 5.75 Å². The van der Waals surface area contributed by atoms with Gasteiger partial charge in [-0.3, -0.25) is 4.79 Å². The van der Waals surface area contributed by atoms with Gasteiger partial charge in [0, 0.05) is 32.0 Å². The smallest absolute Gasteiger partial charge is 0.255 e. The number of hydrogen-bond donors (Lipinski definition) is 1. The number of hydrogen-bond acceptors (Lipinski definition) is 4. The van der Waals surface area contributed by atoms with Gasteiger partial charge in [0.15, 0.2) is 0 Å². The Morgan fingerprint density at radius 1 is 1.44 bits per heavy atom. The van der Waals surface area contributed by atoms with Gasteiger partial charge in [-0.2, -0.15) is 0 Å². The van der Waals surface area contributed by atoms with Gasteiger partial charge in [0.1, 0.15) is 5.75 Å². The zero-order valence-electron chi connectivity index (χ0n) is 11.1. The second-order valence-corrected chi connectivity index (χ2v) is 3.88. The predicted octanol–water partition coefficient (Wildman–Crippen LogP) is 1.39. The number of likely N-dealkylation sites (N-methyl/N-ethyl adjacent to an activating group) is 1. The van der Waals surface area contributed by atoms with Crippen molar-refractivity contribution in [3.05, 3.63) is 23.8 Å². The second-order valence-electron chi connectivity index (χ2n) is 3.88. The van der Waals surface area contributed by atoms with Crippen LogP contribution in [0.15, 0.2) is 18.2 Å². The first-order valence-electron chi connectivity index (χ1n) is 5.86. The molecule has 1 rings (SSSR count). The third-order valence-electron chi connectivity index (χ3n) is 2.61. The molecule has 0 heterocycles. The van der Waals surface area contributed by atoms with E-state index in [0.717, 1.165) is 0 Å². The van der Waals surface area contributed by atoms with Crippen molar-refractivity contribution >= 4 is 11.6 Å². The number of nitrogens with two attached hydrogens (primary N) is 1. The first-order chi connectivity index (χ1) is 8.60. The molecule has 0 aliphatic carbocycles. The van der Waals surface area contributed by atoms with Crippen LogP contribution in [0.2, 0.25) is 0 Å². The van der Waals surface area contributed by atoms with Gasteiger partial charge in [-0.1, -0.05) is 0 Å². The molecule has 0 radical (unpaired) electrons. The number of nitrogen functional groups attached to an aromatic ring is 1. The zero-order valence-corrected chi connectivity index (χ0v) is 11.1. The summed E-state index contributed by atoms with van der Waals surface area (Å²) in [4.78, 5) is 13.7. The van der Waals surface area contributed by atoms with Crippen molar-refractivity contribution in [1.29, 1.82) is 0 Å². The summed E-state index contributed by atoms with van der Waals surface area (Å²) < 4.78 is 10.3. The summed E-state index contributed by atoms with van der Waals surface area (Å²) in [5.41, 5.74) is 6.73. The molecule has 1 aromatic carbocycles. The van der Waals surface area contributed by atoms with Gasteiger partial charge in [-0.15, -0.1) is 0 Å². The van der Waals surface area contributed by atoms with Gasteiger partial charge in [0.05, 0.1) is 19.3 Å². The van der Waals surface area contributed by atoms with Gasteiger partial charge < -0.3 is 20.1 Å². The number of ether oxygens (including phenoxy) is 2. The normalized spacial score (nSPS) is 10.2. The molecule has 0 aliphatic heterocycles. The van der Waals surface area contributed by atoms with Crippen LogP contribution in [0.1, 0.15) is 17.3 Å². The molecule has 18 heavy (non-hydrogen) atoms. The van der Waals surface area contributed by atoms with Crippen LogP contribution in [0.25, 0.3) is 0 Å². The molecule has 2 N–H and O–H groups in total. The van der Waals surface area contributed by atoms with E-state index in [1.165, 1.54) is 0 Å². The number of nitrogens with zero attached hydrogens (tertiary/aromatic N) is 1. The minimum Gasteiger partial charge on any atom is -0.497 e. The SMILES string of the molecule is CCOCCN(C)C(=O)c1ccc(OC)cc1N. The minimum atomic E-state index is -0.116. The molecule has 0 atom stereocenters. The Morgan fingerprint density at radius 2 is 2.17 bits per heavy atom. The number of methoxy groups -OCH3 is 1. The lowest BCUT2D eigenvalue weighted by atomic mass is 10.1. The Morgan fingerprint density at radius 3 is 2.72 bits per heavy atom. The Balaban J connectivity index is 2.71. The van der Waals surface area contributed by atoms with Crippen molar-refractivity contribution in [2.45, 2.75) is 6.92 Å². The number of rotatable bonds is 6. The van der Waals surface area contributed by atoms with Gasteiger partial charge in [0.25, 0.3) is 5.91 Å². The molecule has 0 aliphatic rings. The van der Waals surface area contributed by atoms with E-state index in [2.05, 4.69) is 0 Å². The van der Waals surface area contributed by atoms with E-state index in [1.807, 2.05) is 6.92 Å². The summed E-state index contributed by atoms with van der Waals surface area (Å²) in [6.45, 7) is 3.63. The lowest BCUT2D eigenvalue weighted by molar-refractivity contribution is 0.0711. The Bertz CT molecular complexity index is 407. The number of amides is 1. The largest absolute Gasteiger partial charge is 0.497 e. The maximum absolute atomic E-state index is 12.1. The Hall–Kier alpha value is -1.75. The van der Waals surface area contributed by atoms with Crippen LogP contribution in [-0.2, 0) is 4.74 Å². The summed E-state index contributed by atoms with van der Waals surface area (Å²) in [7, 11) is 3.29. The van der Waals surface area contributed by atoms with Gasteiger partial charge in [-0.05, 0) is 19.1 Å². The Kier molecular flexibility index (Phi) is 5.45. The fourth-order valence-electron chi connectivity index (χ4n) is 1.52. The molecule has 5 heteroatoms. The second kappa shape index (κ2) is 6.86. The molecule has 1 aromatic rings. The third-order valence-corrected chi connectivity index (χ3v) is 2.61. The monoisotopic (exact) mass is 252 g/mol. The van der Waals surface area contributed by atoms with Crippen molar-refractivity contribution in [1.82, 2.24) is 4.90 Å². The van der Waals surface area contributed by atoms with Crippen molar-refractivity contribution in [3.63, 3.8) is 0 Å². The van der Waals surface area contributed by atoms with E-state index in [-0.39, 0.29) is 5.91 Å². The molecule has 100 valence electrons. The molecule has 0 fully saturated rings. The maximum Gasteiger partial charge on any atom is 0.255 e. The number of benzene rings is 1. The molecule has 0 spiro atoms. The number of carbonyl (C=O) groups excluding carboxylic acids is 1. The van der Waals surface area contributed by atoms with Crippen LogP contribution in [-0.4, -0.2) is 44.7 Å². The highest BCUT2D eigenvalue weighted by Crippen LogP contribution is 2.20. The molecular formula is C13H20N2O3. The molecule has 0 saturated carbocycles. The zero-order chi connectivity index (χ0) is 13.5. The molecular weight excluding hydrogens is 232 g/mol.